The van der Waals surface area contributed by atoms with Crippen LogP contribution < -0.4 is 5.32 Å². The molecule has 0 bridgehead atoms. The fraction of sp³-hybridized carbons (Fsp3) is 0.667. The summed E-state index contributed by atoms with van der Waals surface area (Å²) in [6, 6.07) is 0. The van der Waals surface area contributed by atoms with Gasteiger partial charge < -0.3 is 5.32 Å². The molecule has 6 heteroatoms. The van der Waals surface area contributed by atoms with Gasteiger partial charge in [0, 0.05) is 17.7 Å². The van der Waals surface area contributed by atoms with Gasteiger partial charge in [-0.25, -0.2) is 0 Å². The maximum absolute atomic E-state index is 11.2. The molecule has 0 saturated carbocycles. The molecule has 0 unspecified atom stereocenters. The lowest BCUT2D eigenvalue weighted by atomic mass is 9.98. The van der Waals surface area contributed by atoms with Crippen molar-refractivity contribution in [2.24, 2.45) is 0 Å². The van der Waals surface area contributed by atoms with Gasteiger partial charge in [-0.3, -0.25) is 4.79 Å². The Hall–Kier alpha value is -0.680. The minimum atomic E-state index is -0.124. The highest BCUT2D eigenvalue weighted by Gasteiger charge is 2.19. The van der Waals surface area contributed by atoms with Gasteiger partial charge in [0.1, 0.15) is 5.01 Å². The number of anilines is 1. The molecule has 1 aromatic heterocycles. The largest absolute Gasteiger partial charge is 0.300 e. The van der Waals surface area contributed by atoms with Gasteiger partial charge in [-0.2, -0.15) is 0 Å². The van der Waals surface area contributed by atoms with Crippen molar-refractivity contribution in [2.75, 3.05) is 11.2 Å². The normalized spacial score (nSPS) is 11.5. The number of rotatable bonds is 3. The minimum absolute atomic E-state index is 0.0346. The Morgan fingerprint density at radius 1 is 1.47 bits per heavy atom. The Morgan fingerprint density at radius 3 is 2.60 bits per heavy atom. The number of hydrogen-bond donors (Lipinski definition) is 1. The molecular weight excluding hydrogens is 234 g/mol. The first-order chi connectivity index (χ1) is 6.93. The summed E-state index contributed by atoms with van der Waals surface area (Å²) in [6.07, 6.45) is 0.298. The van der Waals surface area contributed by atoms with E-state index in [0.29, 0.717) is 17.4 Å². The van der Waals surface area contributed by atoms with Crippen LogP contribution in [0.4, 0.5) is 5.13 Å². The maximum atomic E-state index is 11.2. The van der Waals surface area contributed by atoms with Crippen molar-refractivity contribution in [3.63, 3.8) is 0 Å². The molecule has 4 nitrogen and oxygen atoms in total. The Bertz CT molecular complexity index is 345. The first-order valence-electron chi connectivity index (χ1n) is 4.63. The van der Waals surface area contributed by atoms with Crippen LogP contribution in [0.15, 0.2) is 0 Å². The average Bonchev–Trinajstić information content (AvgIpc) is 2.52. The Balaban J connectivity index is 2.65. The molecule has 0 atom stereocenters. The van der Waals surface area contributed by atoms with Crippen LogP contribution in [-0.4, -0.2) is 22.0 Å². The van der Waals surface area contributed by atoms with Crippen LogP contribution >= 0.6 is 22.9 Å². The van der Waals surface area contributed by atoms with Gasteiger partial charge in [-0.15, -0.1) is 21.8 Å². The lowest BCUT2D eigenvalue weighted by Crippen LogP contribution is -2.11. The predicted molar refractivity (Wildman–Crippen MR) is 62.6 cm³/mol. The van der Waals surface area contributed by atoms with E-state index in [4.69, 9.17) is 11.6 Å². The number of carbonyl (C=O) groups is 1. The predicted octanol–water partition coefficient (Wildman–Crippen LogP) is 2.40. The summed E-state index contributed by atoms with van der Waals surface area (Å²) < 4.78 is 0. The van der Waals surface area contributed by atoms with Crippen LogP contribution in [0.2, 0.25) is 0 Å². The molecule has 0 saturated heterocycles. The summed E-state index contributed by atoms with van der Waals surface area (Å²) in [5, 5.41) is 12.0. The van der Waals surface area contributed by atoms with E-state index < -0.39 is 0 Å². The van der Waals surface area contributed by atoms with Gasteiger partial charge in [0.2, 0.25) is 11.0 Å². The van der Waals surface area contributed by atoms with E-state index in [9.17, 15) is 4.79 Å². The van der Waals surface area contributed by atoms with Gasteiger partial charge in [0.15, 0.2) is 0 Å². The molecule has 0 spiro atoms. The monoisotopic (exact) mass is 247 g/mol. The van der Waals surface area contributed by atoms with Crippen molar-refractivity contribution in [1.82, 2.24) is 10.2 Å². The molecule has 1 amide bonds. The van der Waals surface area contributed by atoms with Crippen molar-refractivity contribution in [2.45, 2.75) is 32.6 Å². The van der Waals surface area contributed by atoms with Crippen LogP contribution in [0.1, 0.15) is 32.2 Å². The number of aromatic nitrogens is 2. The lowest BCUT2D eigenvalue weighted by molar-refractivity contribution is -0.115. The molecule has 0 aliphatic heterocycles. The smallest absolute Gasteiger partial charge is 0.227 e. The first kappa shape index (κ1) is 12.4. The highest BCUT2D eigenvalue weighted by atomic mass is 35.5. The van der Waals surface area contributed by atoms with Crippen molar-refractivity contribution in [3.05, 3.63) is 5.01 Å². The van der Waals surface area contributed by atoms with Crippen LogP contribution in [0, 0.1) is 0 Å². The fourth-order valence-electron chi connectivity index (χ4n) is 0.844. The molecule has 0 radical (unpaired) electrons. The summed E-state index contributed by atoms with van der Waals surface area (Å²) in [4.78, 5) is 11.2. The lowest BCUT2D eigenvalue weighted by Gasteiger charge is -2.12. The number of nitrogens with zero attached hydrogens (tertiary/aromatic N) is 2. The molecule has 0 aliphatic rings. The van der Waals surface area contributed by atoms with Crippen molar-refractivity contribution >= 4 is 34.0 Å². The number of amides is 1. The molecule has 1 aromatic rings. The summed E-state index contributed by atoms with van der Waals surface area (Å²) in [5.41, 5.74) is -0.0346. The SMILES string of the molecule is CC(C)(C)c1nnc(NC(=O)CCCl)s1. The topological polar surface area (TPSA) is 54.9 Å². The van der Waals surface area contributed by atoms with Gasteiger partial charge in [-0.05, 0) is 0 Å². The summed E-state index contributed by atoms with van der Waals surface area (Å²) in [7, 11) is 0. The molecule has 0 aliphatic carbocycles. The molecule has 84 valence electrons. The molecule has 1 N–H and O–H groups in total. The van der Waals surface area contributed by atoms with Gasteiger partial charge >= 0.3 is 0 Å². The number of nitrogens with one attached hydrogen (secondary N) is 1. The van der Waals surface area contributed by atoms with E-state index in [1.54, 1.807) is 0 Å². The van der Waals surface area contributed by atoms with Crippen LogP contribution in [0.5, 0.6) is 0 Å². The molecule has 1 rings (SSSR count). The van der Waals surface area contributed by atoms with Crippen molar-refractivity contribution in [3.8, 4) is 0 Å². The third-order valence-electron chi connectivity index (χ3n) is 1.63. The number of halogens is 1. The van der Waals surface area contributed by atoms with E-state index in [1.165, 1.54) is 11.3 Å². The third kappa shape index (κ3) is 3.76. The average molecular weight is 248 g/mol. The minimum Gasteiger partial charge on any atom is -0.300 e. The van der Waals surface area contributed by atoms with Gasteiger partial charge in [-0.1, -0.05) is 32.1 Å². The van der Waals surface area contributed by atoms with E-state index in [-0.39, 0.29) is 11.3 Å². The number of carbonyl (C=O) groups excluding carboxylic acids is 1. The molecule has 0 fully saturated rings. The quantitative estimate of drug-likeness (QED) is 0.835. The number of hydrogen-bond acceptors (Lipinski definition) is 4. The Labute approximate surface area is 98.0 Å². The zero-order chi connectivity index (χ0) is 11.5. The van der Waals surface area contributed by atoms with E-state index in [1.807, 2.05) is 0 Å². The zero-order valence-electron chi connectivity index (χ0n) is 9.00. The summed E-state index contributed by atoms with van der Waals surface area (Å²) in [5.74, 6) is 0.193. The summed E-state index contributed by atoms with van der Waals surface area (Å²) >= 11 is 6.84. The molecular formula is C9H14ClN3OS. The second-order valence-corrected chi connectivity index (χ2v) is 5.51. The second kappa shape index (κ2) is 4.90. The van der Waals surface area contributed by atoms with E-state index in [2.05, 4.69) is 36.3 Å². The van der Waals surface area contributed by atoms with Gasteiger partial charge in [0.05, 0.1) is 0 Å². The van der Waals surface area contributed by atoms with Crippen LogP contribution in [0.25, 0.3) is 0 Å². The van der Waals surface area contributed by atoms with Crippen LogP contribution in [0.3, 0.4) is 0 Å². The number of alkyl halides is 1. The summed E-state index contributed by atoms with van der Waals surface area (Å²) in [6.45, 7) is 6.16. The highest BCUT2D eigenvalue weighted by molar-refractivity contribution is 7.15. The van der Waals surface area contributed by atoms with E-state index >= 15 is 0 Å². The van der Waals surface area contributed by atoms with E-state index in [0.717, 1.165) is 5.01 Å². The van der Waals surface area contributed by atoms with Crippen molar-refractivity contribution < 1.29 is 4.79 Å². The second-order valence-electron chi connectivity index (χ2n) is 4.15. The zero-order valence-corrected chi connectivity index (χ0v) is 10.6. The standard InChI is InChI=1S/C9H14ClN3OS/c1-9(2,3)7-12-13-8(15-7)11-6(14)4-5-10/h4-5H2,1-3H3,(H,11,13,14). The molecule has 0 aromatic carbocycles. The highest BCUT2D eigenvalue weighted by Crippen LogP contribution is 2.27. The molecule has 15 heavy (non-hydrogen) atoms. The molecule has 1 heterocycles. The Kier molecular flexibility index (Phi) is 4.04. The van der Waals surface area contributed by atoms with Gasteiger partial charge in [0.25, 0.3) is 0 Å². The fourth-order valence-corrected chi connectivity index (χ4v) is 1.83. The van der Waals surface area contributed by atoms with Crippen molar-refractivity contribution in [1.29, 1.82) is 0 Å². The Morgan fingerprint density at radius 2 is 2.13 bits per heavy atom. The first-order valence-corrected chi connectivity index (χ1v) is 5.98. The van der Waals surface area contributed by atoms with Crippen LogP contribution in [-0.2, 0) is 10.2 Å². The third-order valence-corrected chi connectivity index (χ3v) is 3.09. The maximum Gasteiger partial charge on any atom is 0.227 e.